The summed E-state index contributed by atoms with van der Waals surface area (Å²) in [5.74, 6) is 8.39. The van der Waals surface area contributed by atoms with Crippen LogP contribution in [0.4, 0.5) is 0 Å². The van der Waals surface area contributed by atoms with Crippen molar-refractivity contribution in [3.05, 3.63) is 24.3 Å². The Balaban J connectivity index is 3.49. The predicted molar refractivity (Wildman–Crippen MR) is 74.6 cm³/mol. The molecule has 0 aliphatic rings. The number of ether oxygens (including phenoxy) is 1. The SMILES string of the molecule is C#CCC/C=C/C=C/C#CCCCCC(=O)OC. The predicted octanol–water partition coefficient (Wildman–Crippen LogP) is 3.25. The van der Waals surface area contributed by atoms with Crippen LogP contribution in [0.25, 0.3) is 0 Å². The summed E-state index contributed by atoms with van der Waals surface area (Å²) in [6.07, 6.45) is 17.5. The summed E-state index contributed by atoms with van der Waals surface area (Å²) in [6.45, 7) is 0. The lowest BCUT2D eigenvalue weighted by atomic mass is 10.2. The maximum absolute atomic E-state index is 10.8. The highest BCUT2D eigenvalue weighted by molar-refractivity contribution is 5.68. The van der Waals surface area contributed by atoms with Crippen molar-refractivity contribution in [2.24, 2.45) is 0 Å². The van der Waals surface area contributed by atoms with Crippen molar-refractivity contribution in [1.82, 2.24) is 0 Å². The zero-order valence-electron chi connectivity index (χ0n) is 10.9. The number of allylic oxidation sites excluding steroid dienone is 4. The summed E-state index contributed by atoms with van der Waals surface area (Å²) in [7, 11) is 1.41. The molecule has 0 saturated heterocycles. The third-order valence-electron chi connectivity index (χ3n) is 2.14. The fraction of sp³-hybridized carbons (Fsp3) is 0.438. The third-order valence-corrected chi connectivity index (χ3v) is 2.14. The van der Waals surface area contributed by atoms with Crippen molar-refractivity contribution in [3.8, 4) is 24.2 Å². The molecule has 2 heteroatoms. The molecule has 0 aliphatic carbocycles. The largest absolute Gasteiger partial charge is 0.469 e. The van der Waals surface area contributed by atoms with Crippen LogP contribution in [0.3, 0.4) is 0 Å². The van der Waals surface area contributed by atoms with Crippen LogP contribution in [0.5, 0.6) is 0 Å². The van der Waals surface area contributed by atoms with Gasteiger partial charge < -0.3 is 4.74 Å². The van der Waals surface area contributed by atoms with Crippen LogP contribution in [0.2, 0.25) is 0 Å². The van der Waals surface area contributed by atoms with Crippen LogP contribution in [-0.2, 0) is 9.53 Å². The van der Waals surface area contributed by atoms with Gasteiger partial charge in [0.2, 0.25) is 0 Å². The summed E-state index contributed by atoms with van der Waals surface area (Å²) in [5.41, 5.74) is 0. The highest BCUT2D eigenvalue weighted by Crippen LogP contribution is 1.99. The lowest BCUT2D eigenvalue weighted by molar-refractivity contribution is -0.140. The second-order valence-corrected chi connectivity index (χ2v) is 3.63. The van der Waals surface area contributed by atoms with Crippen molar-refractivity contribution < 1.29 is 9.53 Å². The molecule has 0 N–H and O–H groups in total. The number of esters is 1. The van der Waals surface area contributed by atoms with Crippen LogP contribution >= 0.6 is 0 Å². The highest BCUT2D eigenvalue weighted by atomic mass is 16.5. The molecule has 0 fully saturated rings. The number of rotatable bonds is 7. The fourth-order valence-electron chi connectivity index (χ4n) is 1.16. The molecule has 0 spiro atoms. The van der Waals surface area contributed by atoms with Gasteiger partial charge in [0.05, 0.1) is 7.11 Å². The number of methoxy groups -OCH3 is 1. The summed E-state index contributed by atoms with van der Waals surface area (Å²) in [6, 6.07) is 0. The molecule has 0 radical (unpaired) electrons. The molecule has 0 aliphatic heterocycles. The molecule has 0 unspecified atom stereocenters. The van der Waals surface area contributed by atoms with Gasteiger partial charge in [0.1, 0.15) is 0 Å². The number of hydrogen-bond acceptors (Lipinski definition) is 2. The van der Waals surface area contributed by atoms with Gasteiger partial charge in [-0.3, -0.25) is 4.79 Å². The van der Waals surface area contributed by atoms with E-state index in [0.29, 0.717) is 6.42 Å². The van der Waals surface area contributed by atoms with Gasteiger partial charge in [-0.2, -0.15) is 0 Å². The summed E-state index contributed by atoms with van der Waals surface area (Å²) in [4.78, 5) is 10.8. The van der Waals surface area contributed by atoms with Gasteiger partial charge in [0.25, 0.3) is 0 Å². The fourth-order valence-corrected chi connectivity index (χ4v) is 1.16. The van der Waals surface area contributed by atoms with E-state index in [0.717, 1.165) is 32.1 Å². The van der Waals surface area contributed by atoms with Gasteiger partial charge in [0.15, 0.2) is 0 Å². The molecule has 0 aromatic rings. The van der Waals surface area contributed by atoms with Gasteiger partial charge in [-0.25, -0.2) is 0 Å². The van der Waals surface area contributed by atoms with Gasteiger partial charge in [-0.1, -0.05) is 30.1 Å². The van der Waals surface area contributed by atoms with Crippen LogP contribution in [0, 0.1) is 24.2 Å². The summed E-state index contributed by atoms with van der Waals surface area (Å²) >= 11 is 0. The molecule has 0 aromatic heterocycles. The lowest BCUT2D eigenvalue weighted by Gasteiger charge is -1.95. The first kappa shape index (κ1) is 16.1. The molecular formula is C16H20O2. The molecule has 18 heavy (non-hydrogen) atoms. The van der Waals surface area contributed by atoms with Crippen molar-refractivity contribution >= 4 is 5.97 Å². The topological polar surface area (TPSA) is 26.3 Å². The Hall–Kier alpha value is -1.93. The average molecular weight is 244 g/mol. The van der Waals surface area contributed by atoms with Crippen molar-refractivity contribution in [1.29, 1.82) is 0 Å². The standard InChI is InChI=1S/C16H20O2/c1-3-4-5-6-7-8-9-10-11-12-13-14-15-16(17)18-2/h1,6-9H,4-5,12-15H2,2H3/b7-6+,9-8+. The molecular weight excluding hydrogens is 224 g/mol. The first-order valence-corrected chi connectivity index (χ1v) is 6.11. The van der Waals surface area contributed by atoms with Crippen molar-refractivity contribution in [3.63, 3.8) is 0 Å². The zero-order chi connectivity index (χ0) is 13.5. The normalized spacial score (nSPS) is 10.0. The minimum absolute atomic E-state index is 0.153. The summed E-state index contributed by atoms with van der Waals surface area (Å²) < 4.78 is 4.54. The Kier molecular flexibility index (Phi) is 11.7. The maximum atomic E-state index is 10.8. The van der Waals surface area contributed by atoms with E-state index in [1.165, 1.54) is 7.11 Å². The van der Waals surface area contributed by atoms with E-state index in [1.54, 1.807) is 0 Å². The van der Waals surface area contributed by atoms with E-state index in [2.05, 4.69) is 22.5 Å². The van der Waals surface area contributed by atoms with Crippen LogP contribution < -0.4 is 0 Å². The molecule has 0 atom stereocenters. The van der Waals surface area contributed by atoms with E-state index in [1.807, 2.05) is 24.3 Å². The molecule has 0 aromatic carbocycles. The minimum Gasteiger partial charge on any atom is -0.469 e. The molecule has 0 bridgehead atoms. The van der Waals surface area contributed by atoms with E-state index >= 15 is 0 Å². The Morgan fingerprint density at radius 1 is 1.28 bits per heavy atom. The van der Waals surface area contributed by atoms with Crippen LogP contribution in [0.1, 0.15) is 38.5 Å². The second kappa shape index (κ2) is 13.1. The number of carbonyl (C=O) groups excluding carboxylic acids is 1. The first-order chi connectivity index (χ1) is 8.81. The first-order valence-electron chi connectivity index (χ1n) is 6.11. The molecule has 0 saturated carbocycles. The van der Waals surface area contributed by atoms with Crippen molar-refractivity contribution in [2.45, 2.75) is 38.5 Å². The van der Waals surface area contributed by atoms with Gasteiger partial charge in [-0.05, 0) is 25.3 Å². The number of terminal acetylenes is 1. The Bertz CT molecular complexity index is 372. The van der Waals surface area contributed by atoms with E-state index in [9.17, 15) is 4.79 Å². The molecule has 2 nitrogen and oxygen atoms in total. The lowest BCUT2D eigenvalue weighted by Crippen LogP contribution is -1.98. The highest BCUT2D eigenvalue weighted by Gasteiger charge is 1.97. The maximum Gasteiger partial charge on any atom is 0.305 e. The average Bonchev–Trinajstić information content (AvgIpc) is 2.39. The number of carbonyl (C=O) groups is 1. The third kappa shape index (κ3) is 12.1. The van der Waals surface area contributed by atoms with Crippen molar-refractivity contribution in [2.75, 3.05) is 7.11 Å². The van der Waals surface area contributed by atoms with Crippen LogP contribution in [-0.4, -0.2) is 13.1 Å². The number of unbranched alkanes of at least 4 members (excludes halogenated alkanes) is 3. The van der Waals surface area contributed by atoms with E-state index < -0.39 is 0 Å². The molecule has 0 rings (SSSR count). The number of hydrogen-bond donors (Lipinski definition) is 0. The Morgan fingerprint density at radius 2 is 2.11 bits per heavy atom. The minimum atomic E-state index is -0.153. The molecule has 0 amide bonds. The second-order valence-electron chi connectivity index (χ2n) is 3.63. The van der Waals surface area contributed by atoms with E-state index in [-0.39, 0.29) is 5.97 Å². The molecule has 0 heterocycles. The van der Waals surface area contributed by atoms with Gasteiger partial charge >= 0.3 is 5.97 Å². The monoisotopic (exact) mass is 244 g/mol. The van der Waals surface area contributed by atoms with Gasteiger partial charge in [0, 0.05) is 19.3 Å². The molecule has 96 valence electrons. The summed E-state index contributed by atoms with van der Waals surface area (Å²) in [5, 5.41) is 0. The van der Waals surface area contributed by atoms with Gasteiger partial charge in [-0.15, -0.1) is 12.3 Å². The van der Waals surface area contributed by atoms with Crippen LogP contribution in [0.15, 0.2) is 24.3 Å². The Labute approximate surface area is 110 Å². The Morgan fingerprint density at radius 3 is 2.83 bits per heavy atom. The zero-order valence-corrected chi connectivity index (χ0v) is 10.9. The quantitative estimate of drug-likeness (QED) is 0.297. The van der Waals surface area contributed by atoms with E-state index in [4.69, 9.17) is 6.42 Å². The smallest absolute Gasteiger partial charge is 0.305 e.